The lowest BCUT2D eigenvalue weighted by atomic mass is 9.84. The maximum Gasteiger partial charge on any atom is 0.105 e. The topological polar surface area (TPSA) is 29.5 Å². The first-order chi connectivity index (χ1) is 15.0. The van der Waals surface area contributed by atoms with Crippen molar-refractivity contribution in [3.8, 4) is 0 Å². The van der Waals surface area contributed by atoms with Crippen molar-refractivity contribution < 1.29 is 9.84 Å². The third-order valence-corrected chi connectivity index (χ3v) is 5.94. The van der Waals surface area contributed by atoms with Crippen LogP contribution in [-0.2, 0) is 15.6 Å². The van der Waals surface area contributed by atoms with E-state index in [1.165, 1.54) is 11.1 Å². The molecule has 2 nitrogen and oxygen atoms in total. The highest BCUT2D eigenvalue weighted by Crippen LogP contribution is 2.34. The van der Waals surface area contributed by atoms with Gasteiger partial charge in [0.15, 0.2) is 0 Å². The summed E-state index contributed by atoms with van der Waals surface area (Å²) in [7, 11) is 1.66. The van der Waals surface area contributed by atoms with Crippen LogP contribution in [0.2, 0.25) is 0 Å². The lowest BCUT2D eigenvalue weighted by Crippen LogP contribution is -2.11. The van der Waals surface area contributed by atoms with E-state index >= 15 is 0 Å². The maximum atomic E-state index is 11.3. The fourth-order valence-corrected chi connectivity index (χ4v) is 3.88. The van der Waals surface area contributed by atoms with Crippen molar-refractivity contribution in [3.05, 3.63) is 112 Å². The molecule has 2 heteroatoms. The van der Waals surface area contributed by atoms with Gasteiger partial charge in [-0.1, -0.05) is 114 Å². The molecule has 0 aliphatic rings. The normalized spacial score (nSPS) is 13.7. The smallest absolute Gasteiger partial charge is 0.105 e. The minimum Gasteiger partial charge on any atom is -0.504 e. The summed E-state index contributed by atoms with van der Waals surface area (Å²) >= 11 is 0. The summed E-state index contributed by atoms with van der Waals surface area (Å²) in [6, 6.07) is 24.9. The van der Waals surface area contributed by atoms with Crippen LogP contribution >= 0.6 is 0 Å². The highest BCUT2D eigenvalue weighted by molar-refractivity contribution is 5.81. The van der Waals surface area contributed by atoms with Gasteiger partial charge in [-0.15, -0.1) is 0 Å². The number of methoxy groups -OCH3 is 1. The molecule has 1 unspecified atom stereocenters. The Kier molecular flexibility index (Phi) is 6.95. The fraction of sp³-hybridized carbons (Fsp3) is 0.333. The van der Waals surface area contributed by atoms with Crippen LogP contribution in [-0.4, -0.2) is 12.2 Å². The van der Waals surface area contributed by atoms with Gasteiger partial charge in [0.1, 0.15) is 6.10 Å². The summed E-state index contributed by atoms with van der Waals surface area (Å²) in [5, 5.41) is 11.3. The second-order valence-corrected chi connectivity index (χ2v) is 10.5. The Morgan fingerprint density at radius 1 is 0.750 bits per heavy atom. The molecule has 0 aliphatic carbocycles. The monoisotopic (exact) mass is 428 g/mol. The molecule has 0 radical (unpaired) electrons. The minimum absolute atomic E-state index is 0.0784. The Morgan fingerprint density at radius 2 is 1.25 bits per heavy atom. The van der Waals surface area contributed by atoms with Gasteiger partial charge in [0.25, 0.3) is 0 Å². The van der Waals surface area contributed by atoms with E-state index in [1.54, 1.807) is 13.4 Å². The molecule has 0 spiro atoms. The van der Waals surface area contributed by atoms with Crippen molar-refractivity contribution in [2.75, 3.05) is 7.11 Å². The lowest BCUT2D eigenvalue weighted by Gasteiger charge is -2.22. The molecule has 0 aromatic heterocycles. The summed E-state index contributed by atoms with van der Waals surface area (Å²) in [5.41, 5.74) is 7.42. The Balaban J connectivity index is 2.02. The van der Waals surface area contributed by atoms with Gasteiger partial charge in [-0.05, 0) is 44.2 Å². The average molecular weight is 429 g/mol. The Bertz CT molecular complexity index is 1060. The van der Waals surface area contributed by atoms with Crippen LogP contribution in [0.1, 0.15) is 81.0 Å². The van der Waals surface area contributed by atoms with E-state index in [2.05, 4.69) is 77.9 Å². The molecule has 0 bridgehead atoms. The van der Waals surface area contributed by atoms with E-state index in [4.69, 9.17) is 4.74 Å². The van der Waals surface area contributed by atoms with E-state index in [1.807, 2.05) is 36.4 Å². The molecular weight excluding hydrogens is 392 g/mol. The number of benzene rings is 3. The van der Waals surface area contributed by atoms with Gasteiger partial charge < -0.3 is 9.84 Å². The number of rotatable bonds is 5. The number of hydrogen-bond acceptors (Lipinski definition) is 2. The second kappa shape index (κ2) is 9.34. The van der Waals surface area contributed by atoms with Crippen LogP contribution in [0.4, 0.5) is 0 Å². The minimum atomic E-state index is -0.727. The molecule has 3 rings (SSSR count). The van der Waals surface area contributed by atoms with Crippen LogP contribution < -0.4 is 0 Å². The second-order valence-electron chi connectivity index (χ2n) is 10.5. The van der Waals surface area contributed by atoms with E-state index in [0.29, 0.717) is 0 Å². The molecular formula is C30H36O2. The zero-order valence-corrected chi connectivity index (χ0v) is 20.4. The molecule has 1 N–H and O–H groups in total. The third kappa shape index (κ3) is 5.31. The van der Waals surface area contributed by atoms with E-state index in [9.17, 15) is 5.11 Å². The number of aliphatic hydroxyl groups is 1. The molecule has 0 fully saturated rings. The first-order valence-electron chi connectivity index (χ1n) is 11.2. The first kappa shape index (κ1) is 23.8. The fourth-order valence-electron chi connectivity index (χ4n) is 3.88. The van der Waals surface area contributed by atoms with Crippen molar-refractivity contribution in [1.29, 1.82) is 0 Å². The Labute approximate surface area is 193 Å². The van der Waals surface area contributed by atoms with Gasteiger partial charge in [0.05, 0.1) is 13.4 Å². The zero-order valence-electron chi connectivity index (χ0n) is 20.4. The summed E-state index contributed by atoms with van der Waals surface area (Å²) in [6.45, 7) is 13.2. The van der Waals surface area contributed by atoms with Crippen LogP contribution in [0.15, 0.2) is 79.1 Å². The van der Waals surface area contributed by atoms with Gasteiger partial charge in [-0.2, -0.15) is 0 Å². The molecule has 168 valence electrons. The molecule has 0 saturated heterocycles. The standard InChI is InChI=1S/C30H36O2/c1-29(2,3)23-16-12-21(13-17-23)27(20-32-7)25-10-8-9-11-26(25)28(31)22-14-18-24(19-15-22)30(4,5)6/h8-20,28,31H,1-7H3/b27-20-. The van der Waals surface area contributed by atoms with Gasteiger partial charge >= 0.3 is 0 Å². The average Bonchev–Trinajstić information content (AvgIpc) is 2.76. The van der Waals surface area contributed by atoms with Crippen molar-refractivity contribution in [1.82, 2.24) is 0 Å². The SMILES string of the molecule is CO/C=C(/c1ccc(C(C)(C)C)cc1)c1ccccc1C(O)c1ccc(C(C)(C)C)cc1. The number of hydrogen-bond donors (Lipinski definition) is 1. The molecule has 3 aromatic rings. The van der Waals surface area contributed by atoms with E-state index in [-0.39, 0.29) is 10.8 Å². The number of aliphatic hydroxyl groups excluding tert-OH is 1. The van der Waals surface area contributed by atoms with Crippen molar-refractivity contribution in [2.45, 2.75) is 58.5 Å². The summed E-state index contributed by atoms with van der Waals surface area (Å²) in [5.74, 6) is 0. The summed E-state index contributed by atoms with van der Waals surface area (Å²) in [6.07, 6.45) is 1.04. The maximum absolute atomic E-state index is 11.3. The van der Waals surface area contributed by atoms with E-state index in [0.717, 1.165) is 27.8 Å². The predicted molar refractivity (Wildman–Crippen MR) is 135 cm³/mol. The summed E-state index contributed by atoms with van der Waals surface area (Å²) in [4.78, 5) is 0. The Morgan fingerprint density at radius 3 is 1.75 bits per heavy atom. The predicted octanol–water partition coefficient (Wildman–Crippen LogP) is 7.40. The molecule has 0 aliphatic heterocycles. The van der Waals surface area contributed by atoms with E-state index < -0.39 is 6.10 Å². The number of ether oxygens (including phenoxy) is 1. The Hall–Kier alpha value is -2.84. The third-order valence-electron chi connectivity index (χ3n) is 5.94. The zero-order chi connectivity index (χ0) is 23.5. The molecule has 0 amide bonds. The molecule has 1 atom stereocenters. The summed E-state index contributed by atoms with van der Waals surface area (Å²) < 4.78 is 5.46. The van der Waals surface area contributed by atoms with Crippen LogP contribution in [0, 0.1) is 0 Å². The van der Waals surface area contributed by atoms with Crippen LogP contribution in [0.5, 0.6) is 0 Å². The van der Waals surface area contributed by atoms with Crippen molar-refractivity contribution in [2.24, 2.45) is 0 Å². The van der Waals surface area contributed by atoms with Gasteiger partial charge in [0.2, 0.25) is 0 Å². The van der Waals surface area contributed by atoms with Crippen molar-refractivity contribution >= 4 is 5.57 Å². The van der Waals surface area contributed by atoms with Gasteiger partial charge in [0, 0.05) is 5.57 Å². The highest BCUT2D eigenvalue weighted by Gasteiger charge is 2.20. The molecule has 0 saturated carbocycles. The van der Waals surface area contributed by atoms with Gasteiger partial charge in [-0.25, -0.2) is 0 Å². The van der Waals surface area contributed by atoms with Crippen molar-refractivity contribution in [3.63, 3.8) is 0 Å². The van der Waals surface area contributed by atoms with Gasteiger partial charge in [-0.3, -0.25) is 0 Å². The molecule has 3 aromatic carbocycles. The lowest BCUT2D eigenvalue weighted by molar-refractivity contribution is 0.220. The van der Waals surface area contributed by atoms with Crippen LogP contribution in [0.3, 0.4) is 0 Å². The quantitative estimate of drug-likeness (QED) is 0.429. The largest absolute Gasteiger partial charge is 0.504 e. The first-order valence-corrected chi connectivity index (χ1v) is 11.2. The van der Waals surface area contributed by atoms with Crippen LogP contribution in [0.25, 0.3) is 5.57 Å². The highest BCUT2D eigenvalue weighted by atomic mass is 16.5. The molecule has 32 heavy (non-hydrogen) atoms. The molecule has 0 heterocycles.